The maximum atomic E-state index is 12.5. The van der Waals surface area contributed by atoms with Gasteiger partial charge in [-0.05, 0) is 23.3 Å². The van der Waals surface area contributed by atoms with Gasteiger partial charge < -0.3 is 15.2 Å². The van der Waals surface area contributed by atoms with Crippen LogP contribution in [0.3, 0.4) is 0 Å². The lowest BCUT2D eigenvalue weighted by Crippen LogP contribution is -2.36. The van der Waals surface area contributed by atoms with Gasteiger partial charge in [0.15, 0.2) is 0 Å². The monoisotopic (exact) mass is 307 g/mol. The van der Waals surface area contributed by atoms with E-state index in [0.717, 1.165) is 22.4 Å². The van der Waals surface area contributed by atoms with Crippen molar-refractivity contribution < 1.29 is 14.6 Å². The normalized spacial score (nSPS) is 21.7. The summed E-state index contributed by atoms with van der Waals surface area (Å²) in [4.78, 5) is 12.5. The average Bonchev–Trinajstić information content (AvgIpc) is 2.90. The van der Waals surface area contributed by atoms with E-state index in [0.29, 0.717) is 12.0 Å². The third-order valence-corrected chi connectivity index (χ3v) is 4.41. The van der Waals surface area contributed by atoms with Crippen LogP contribution in [-0.4, -0.2) is 23.7 Å². The van der Waals surface area contributed by atoms with E-state index in [1.54, 1.807) is 0 Å². The fourth-order valence-corrected chi connectivity index (χ4v) is 3.23. The van der Waals surface area contributed by atoms with Crippen molar-refractivity contribution in [1.29, 1.82) is 0 Å². The number of hydrogen-bond acceptors (Lipinski definition) is 3. The predicted molar refractivity (Wildman–Crippen MR) is 87.0 cm³/mol. The summed E-state index contributed by atoms with van der Waals surface area (Å²) >= 11 is 0. The first-order valence-electron chi connectivity index (χ1n) is 7.71. The minimum atomic E-state index is -0.589. The highest BCUT2D eigenvalue weighted by atomic mass is 16.5. The molecule has 1 amide bonds. The zero-order valence-electron chi connectivity index (χ0n) is 12.5. The molecule has 0 bridgehead atoms. The van der Waals surface area contributed by atoms with E-state index in [1.165, 1.54) is 0 Å². The van der Waals surface area contributed by atoms with Gasteiger partial charge in [-0.25, -0.2) is 0 Å². The van der Waals surface area contributed by atoms with Crippen molar-refractivity contribution in [2.24, 2.45) is 0 Å². The number of ether oxygens (including phenoxy) is 1. The van der Waals surface area contributed by atoms with Gasteiger partial charge in [0.2, 0.25) is 0 Å². The highest BCUT2D eigenvalue weighted by Gasteiger charge is 2.32. The first-order chi connectivity index (χ1) is 11.2. The van der Waals surface area contributed by atoms with Gasteiger partial charge in [0.05, 0.1) is 17.7 Å². The van der Waals surface area contributed by atoms with E-state index in [2.05, 4.69) is 5.32 Å². The Labute approximate surface area is 134 Å². The summed E-state index contributed by atoms with van der Waals surface area (Å²) < 4.78 is 5.63. The first-order valence-corrected chi connectivity index (χ1v) is 7.71. The molecule has 1 aliphatic heterocycles. The second-order valence-electron chi connectivity index (χ2n) is 5.92. The van der Waals surface area contributed by atoms with E-state index in [9.17, 15) is 9.90 Å². The van der Waals surface area contributed by atoms with Crippen molar-refractivity contribution >= 4 is 12.0 Å². The summed E-state index contributed by atoms with van der Waals surface area (Å²) in [6.07, 6.45) is 1.83. The number of hydrogen-bond donors (Lipinski definition) is 2. The Morgan fingerprint density at radius 1 is 1.13 bits per heavy atom. The average molecular weight is 307 g/mol. The van der Waals surface area contributed by atoms with Crippen molar-refractivity contribution in [3.63, 3.8) is 0 Å². The molecule has 0 radical (unpaired) electrons. The van der Waals surface area contributed by atoms with Crippen LogP contribution in [0, 0.1) is 0 Å². The lowest BCUT2D eigenvalue weighted by molar-refractivity contribution is -0.119. The number of fused-ring (bicyclic) bond motifs is 2. The number of para-hydroxylation sites is 1. The van der Waals surface area contributed by atoms with Crippen LogP contribution in [0.4, 0.5) is 0 Å². The lowest BCUT2D eigenvalue weighted by Gasteiger charge is -2.21. The molecule has 0 fully saturated rings. The van der Waals surface area contributed by atoms with Gasteiger partial charge in [-0.3, -0.25) is 4.79 Å². The molecule has 2 N–H and O–H groups in total. The predicted octanol–water partition coefficient (Wildman–Crippen LogP) is 2.24. The van der Waals surface area contributed by atoms with Gasteiger partial charge in [-0.2, -0.15) is 0 Å². The van der Waals surface area contributed by atoms with Crippen molar-refractivity contribution in [1.82, 2.24) is 5.32 Å². The van der Waals surface area contributed by atoms with Crippen LogP contribution in [0.2, 0.25) is 0 Å². The Morgan fingerprint density at radius 3 is 2.83 bits per heavy atom. The van der Waals surface area contributed by atoms with Gasteiger partial charge in [0, 0.05) is 12.0 Å². The fourth-order valence-electron chi connectivity index (χ4n) is 3.23. The highest BCUT2D eigenvalue weighted by molar-refractivity contribution is 5.99. The molecule has 4 nitrogen and oxygen atoms in total. The van der Waals surface area contributed by atoms with Crippen LogP contribution >= 0.6 is 0 Å². The second kappa shape index (κ2) is 5.56. The molecule has 116 valence electrons. The van der Waals surface area contributed by atoms with Crippen molar-refractivity contribution in [3.05, 3.63) is 70.8 Å². The lowest BCUT2D eigenvalue weighted by atomic mass is 10.0. The number of amides is 1. The first kappa shape index (κ1) is 14.0. The van der Waals surface area contributed by atoms with Crippen LogP contribution in [0.25, 0.3) is 6.08 Å². The molecule has 0 aromatic heterocycles. The Balaban J connectivity index is 1.56. The van der Waals surface area contributed by atoms with Gasteiger partial charge in [0.1, 0.15) is 12.4 Å². The molecule has 1 heterocycles. The number of rotatable bonds is 2. The second-order valence-corrected chi connectivity index (χ2v) is 5.92. The van der Waals surface area contributed by atoms with Gasteiger partial charge in [-0.1, -0.05) is 42.5 Å². The summed E-state index contributed by atoms with van der Waals surface area (Å²) in [5.41, 5.74) is 3.55. The van der Waals surface area contributed by atoms with Crippen molar-refractivity contribution in [3.8, 4) is 5.75 Å². The number of carbonyl (C=O) groups excluding carboxylic acids is 1. The molecule has 4 heteroatoms. The maximum absolute atomic E-state index is 12.5. The number of nitrogens with one attached hydrogen (secondary N) is 1. The minimum absolute atomic E-state index is 0.194. The number of benzene rings is 2. The highest BCUT2D eigenvalue weighted by Crippen LogP contribution is 2.32. The molecule has 2 atom stereocenters. The maximum Gasteiger partial charge on any atom is 0.251 e. The summed E-state index contributed by atoms with van der Waals surface area (Å²) in [6.45, 7) is 0.243. The van der Waals surface area contributed by atoms with Gasteiger partial charge >= 0.3 is 0 Å². The van der Waals surface area contributed by atoms with Crippen LogP contribution in [-0.2, 0) is 11.2 Å². The smallest absolute Gasteiger partial charge is 0.251 e. The van der Waals surface area contributed by atoms with Crippen LogP contribution in [0.5, 0.6) is 5.75 Å². The fraction of sp³-hybridized carbons (Fsp3) is 0.211. The topological polar surface area (TPSA) is 58.6 Å². The Bertz CT molecular complexity index is 797. The third kappa shape index (κ3) is 2.51. The number of aliphatic hydroxyl groups is 1. The Morgan fingerprint density at radius 2 is 1.91 bits per heavy atom. The molecule has 0 saturated heterocycles. The standard InChI is InChI=1S/C19H17NO3/c21-16-10-12-5-1-3-7-15(12)18(16)20-19(22)14-9-13-6-2-4-8-17(13)23-11-14/h1-9,16,18,21H,10-11H2,(H,20,22)/t16-,18+/m1/s1. The molecule has 2 aromatic carbocycles. The van der Waals surface area contributed by atoms with E-state index >= 15 is 0 Å². The molecule has 0 unspecified atom stereocenters. The largest absolute Gasteiger partial charge is 0.488 e. The Kier molecular flexibility index (Phi) is 3.39. The molecular weight excluding hydrogens is 290 g/mol. The van der Waals surface area contributed by atoms with E-state index in [-0.39, 0.29) is 18.6 Å². The molecule has 4 rings (SSSR count). The SMILES string of the molecule is O=C(N[C@H]1c2ccccc2C[C@H]1O)C1=Cc2ccccc2OC1. The number of aliphatic hydroxyl groups excluding tert-OH is 1. The van der Waals surface area contributed by atoms with Gasteiger partial charge in [-0.15, -0.1) is 0 Å². The molecular formula is C19H17NO3. The minimum Gasteiger partial charge on any atom is -0.488 e. The van der Waals surface area contributed by atoms with Crippen molar-refractivity contribution in [2.75, 3.05) is 6.61 Å². The molecule has 2 aromatic rings. The van der Waals surface area contributed by atoms with E-state index < -0.39 is 6.10 Å². The van der Waals surface area contributed by atoms with E-state index in [4.69, 9.17) is 4.74 Å². The zero-order valence-corrected chi connectivity index (χ0v) is 12.5. The summed E-state index contributed by atoms with van der Waals surface area (Å²) in [5.74, 6) is 0.593. The van der Waals surface area contributed by atoms with Crippen LogP contribution in [0.15, 0.2) is 54.1 Å². The molecule has 0 saturated carbocycles. The van der Waals surface area contributed by atoms with Crippen LogP contribution < -0.4 is 10.1 Å². The van der Waals surface area contributed by atoms with Crippen molar-refractivity contribution in [2.45, 2.75) is 18.6 Å². The van der Waals surface area contributed by atoms with E-state index in [1.807, 2.05) is 54.6 Å². The summed E-state index contributed by atoms with van der Waals surface area (Å²) in [7, 11) is 0. The molecule has 23 heavy (non-hydrogen) atoms. The zero-order chi connectivity index (χ0) is 15.8. The molecule has 2 aliphatic rings. The molecule has 1 aliphatic carbocycles. The van der Waals surface area contributed by atoms with Gasteiger partial charge in [0.25, 0.3) is 5.91 Å². The molecule has 0 spiro atoms. The summed E-state index contributed by atoms with van der Waals surface area (Å²) in [6, 6.07) is 15.1. The summed E-state index contributed by atoms with van der Waals surface area (Å²) in [5, 5.41) is 13.2. The van der Waals surface area contributed by atoms with Crippen LogP contribution in [0.1, 0.15) is 22.7 Å². The third-order valence-electron chi connectivity index (χ3n) is 4.41. The Hall–Kier alpha value is -2.59. The number of carbonyl (C=O) groups is 1. The quantitative estimate of drug-likeness (QED) is 0.894.